The van der Waals surface area contributed by atoms with Crippen LogP contribution >= 0.6 is 0 Å². The lowest BCUT2D eigenvalue weighted by atomic mass is 9.92. The second-order valence-electron chi connectivity index (χ2n) is 6.42. The fraction of sp³-hybridized carbons (Fsp3) is 0.786. The van der Waals surface area contributed by atoms with Crippen molar-refractivity contribution in [1.82, 2.24) is 4.90 Å². The van der Waals surface area contributed by atoms with Gasteiger partial charge in [0.25, 0.3) is 0 Å². The molecule has 1 saturated heterocycles. The van der Waals surface area contributed by atoms with Crippen LogP contribution in [0.1, 0.15) is 46.5 Å². The standard InChI is InChI=1S/C14H22FNO3/c1-13(2,3)19-12(18)16-8-4-7-14(15,9-16)11(17)10-5-6-10/h17H,4-9H2,1-3H3. The van der Waals surface area contributed by atoms with E-state index in [1.165, 1.54) is 4.90 Å². The number of rotatable bonds is 1. The maximum Gasteiger partial charge on any atom is 0.410 e. The molecule has 19 heavy (non-hydrogen) atoms. The van der Waals surface area contributed by atoms with Crippen LogP contribution in [0.25, 0.3) is 0 Å². The van der Waals surface area contributed by atoms with Crippen molar-refractivity contribution in [2.24, 2.45) is 0 Å². The number of piperidine rings is 1. The molecular formula is C14H22FNO3. The first-order valence-corrected chi connectivity index (χ1v) is 6.80. The molecule has 2 fully saturated rings. The molecule has 1 heterocycles. The van der Waals surface area contributed by atoms with E-state index in [0.29, 0.717) is 13.0 Å². The van der Waals surface area contributed by atoms with Crippen LogP contribution in [0.3, 0.4) is 0 Å². The fourth-order valence-corrected chi connectivity index (χ4v) is 2.30. The third-order valence-electron chi connectivity index (χ3n) is 3.35. The number of amides is 1. The van der Waals surface area contributed by atoms with Crippen molar-refractivity contribution < 1.29 is 19.0 Å². The molecule has 1 aliphatic heterocycles. The number of alkyl halides is 1. The Morgan fingerprint density at radius 3 is 2.58 bits per heavy atom. The Balaban J connectivity index is 2.05. The highest BCUT2D eigenvalue weighted by Gasteiger charge is 2.44. The van der Waals surface area contributed by atoms with Gasteiger partial charge < -0.3 is 14.7 Å². The van der Waals surface area contributed by atoms with Crippen LogP contribution in [0, 0.1) is 0 Å². The summed E-state index contributed by atoms with van der Waals surface area (Å²) in [6.45, 7) is 5.70. The second-order valence-corrected chi connectivity index (χ2v) is 6.42. The number of likely N-dealkylation sites (tertiary alicyclic amines) is 1. The minimum Gasteiger partial charge on any atom is -0.509 e. The molecule has 108 valence electrons. The van der Waals surface area contributed by atoms with E-state index in [9.17, 15) is 14.3 Å². The van der Waals surface area contributed by atoms with Crippen molar-refractivity contribution in [3.8, 4) is 0 Å². The maximum absolute atomic E-state index is 14.7. The maximum atomic E-state index is 14.7. The van der Waals surface area contributed by atoms with Gasteiger partial charge in [-0.1, -0.05) is 0 Å². The van der Waals surface area contributed by atoms with Gasteiger partial charge in [-0.05, 0) is 52.0 Å². The van der Waals surface area contributed by atoms with Crippen molar-refractivity contribution in [3.05, 3.63) is 11.3 Å². The Morgan fingerprint density at radius 2 is 2.05 bits per heavy atom. The van der Waals surface area contributed by atoms with Crippen molar-refractivity contribution >= 4 is 6.09 Å². The Kier molecular flexibility index (Phi) is 3.49. The van der Waals surface area contributed by atoms with Gasteiger partial charge in [0, 0.05) is 6.54 Å². The number of hydrogen-bond donors (Lipinski definition) is 1. The normalized spacial score (nSPS) is 27.2. The summed E-state index contributed by atoms with van der Waals surface area (Å²) in [4.78, 5) is 13.3. The summed E-state index contributed by atoms with van der Waals surface area (Å²) < 4.78 is 20.0. The first kappa shape index (κ1) is 14.2. The molecule has 5 heteroatoms. The summed E-state index contributed by atoms with van der Waals surface area (Å²) in [5.74, 6) is -0.152. The van der Waals surface area contributed by atoms with Gasteiger partial charge >= 0.3 is 6.09 Å². The van der Waals surface area contributed by atoms with E-state index < -0.39 is 17.4 Å². The first-order chi connectivity index (χ1) is 8.71. The molecular weight excluding hydrogens is 249 g/mol. The fourth-order valence-electron chi connectivity index (χ4n) is 2.30. The number of carbonyl (C=O) groups is 1. The Bertz CT molecular complexity index is 407. The first-order valence-electron chi connectivity index (χ1n) is 6.80. The summed E-state index contributed by atoms with van der Waals surface area (Å²) in [6.07, 6.45) is 1.82. The molecule has 0 aromatic carbocycles. The van der Waals surface area contributed by atoms with Crippen LogP contribution in [-0.2, 0) is 4.74 Å². The highest BCUT2D eigenvalue weighted by atomic mass is 19.1. The number of ether oxygens (including phenoxy) is 1. The molecule has 1 unspecified atom stereocenters. The van der Waals surface area contributed by atoms with Crippen LogP contribution in [0.2, 0.25) is 0 Å². The lowest BCUT2D eigenvalue weighted by molar-refractivity contribution is -0.00549. The van der Waals surface area contributed by atoms with E-state index in [1.54, 1.807) is 20.8 Å². The van der Waals surface area contributed by atoms with Crippen molar-refractivity contribution in [1.29, 1.82) is 0 Å². The van der Waals surface area contributed by atoms with Gasteiger partial charge in [0.15, 0.2) is 5.67 Å². The van der Waals surface area contributed by atoms with Gasteiger partial charge in [-0.15, -0.1) is 0 Å². The van der Waals surface area contributed by atoms with Gasteiger partial charge in [0.2, 0.25) is 0 Å². The van der Waals surface area contributed by atoms with Gasteiger partial charge in [-0.3, -0.25) is 0 Å². The molecule has 1 amide bonds. The summed E-state index contributed by atoms with van der Waals surface area (Å²) in [7, 11) is 0. The van der Waals surface area contributed by atoms with E-state index in [-0.39, 0.29) is 18.7 Å². The van der Waals surface area contributed by atoms with E-state index in [1.807, 2.05) is 0 Å². The van der Waals surface area contributed by atoms with Gasteiger partial charge in [0.1, 0.15) is 11.4 Å². The molecule has 2 aliphatic rings. The molecule has 4 nitrogen and oxygen atoms in total. The molecule has 1 aliphatic carbocycles. The molecule has 1 atom stereocenters. The molecule has 0 aromatic rings. The SMILES string of the molecule is CC(C)(C)OC(=O)N1CCCC(F)(C(O)=C2CC2)C1. The van der Waals surface area contributed by atoms with Crippen molar-refractivity contribution in [2.75, 3.05) is 13.1 Å². The van der Waals surface area contributed by atoms with Crippen LogP contribution in [0.5, 0.6) is 0 Å². The zero-order valence-corrected chi connectivity index (χ0v) is 11.8. The summed E-state index contributed by atoms with van der Waals surface area (Å²) in [5, 5.41) is 9.93. The molecule has 0 bridgehead atoms. The zero-order chi connectivity index (χ0) is 14.3. The molecule has 0 spiro atoms. The van der Waals surface area contributed by atoms with Gasteiger partial charge in [-0.25, -0.2) is 9.18 Å². The van der Waals surface area contributed by atoms with Crippen molar-refractivity contribution in [2.45, 2.75) is 57.7 Å². The minimum absolute atomic E-state index is 0.114. The quantitative estimate of drug-likeness (QED) is 0.744. The average molecular weight is 271 g/mol. The molecule has 1 saturated carbocycles. The highest BCUT2D eigenvalue weighted by molar-refractivity contribution is 5.68. The third-order valence-corrected chi connectivity index (χ3v) is 3.35. The predicted molar refractivity (Wildman–Crippen MR) is 69.8 cm³/mol. The Morgan fingerprint density at radius 1 is 1.42 bits per heavy atom. The molecule has 1 N–H and O–H groups in total. The lowest BCUT2D eigenvalue weighted by Gasteiger charge is -2.37. The third kappa shape index (κ3) is 3.39. The number of allylic oxidation sites excluding steroid dienone is 1. The monoisotopic (exact) mass is 271 g/mol. The van der Waals surface area contributed by atoms with E-state index in [0.717, 1.165) is 18.4 Å². The van der Waals surface area contributed by atoms with Gasteiger partial charge in [-0.2, -0.15) is 0 Å². The van der Waals surface area contributed by atoms with E-state index in [4.69, 9.17) is 4.74 Å². The number of aliphatic hydroxyl groups is 1. The van der Waals surface area contributed by atoms with Gasteiger partial charge in [0.05, 0.1) is 6.54 Å². The highest BCUT2D eigenvalue weighted by Crippen LogP contribution is 2.40. The van der Waals surface area contributed by atoms with Crippen LogP contribution in [0.4, 0.5) is 9.18 Å². The Labute approximate surface area is 113 Å². The van der Waals surface area contributed by atoms with Crippen LogP contribution < -0.4 is 0 Å². The number of aliphatic hydroxyl groups excluding tert-OH is 1. The molecule has 0 radical (unpaired) electrons. The summed E-state index contributed by atoms with van der Waals surface area (Å²) in [5.41, 5.74) is -1.60. The minimum atomic E-state index is -1.79. The topological polar surface area (TPSA) is 49.8 Å². The van der Waals surface area contributed by atoms with E-state index >= 15 is 0 Å². The molecule has 0 aromatic heterocycles. The molecule has 2 rings (SSSR count). The number of nitrogens with zero attached hydrogens (tertiary/aromatic N) is 1. The second kappa shape index (κ2) is 4.69. The van der Waals surface area contributed by atoms with E-state index in [2.05, 4.69) is 0 Å². The summed E-state index contributed by atoms with van der Waals surface area (Å²) in [6, 6.07) is 0. The average Bonchev–Trinajstić information content (AvgIpc) is 3.09. The largest absolute Gasteiger partial charge is 0.509 e. The predicted octanol–water partition coefficient (Wildman–Crippen LogP) is 3.33. The van der Waals surface area contributed by atoms with Crippen molar-refractivity contribution in [3.63, 3.8) is 0 Å². The smallest absolute Gasteiger partial charge is 0.410 e. The van der Waals surface area contributed by atoms with Crippen LogP contribution in [-0.4, -0.2) is 40.5 Å². The number of carbonyl (C=O) groups excluding carboxylic acids is 1. The van der Waals surface area contributed by atoms with Crippen LogP contribution in [0.15, 0.2) is 11.3 Å². The Hall–Kier alpha value is -1.26. The lowest BCUT2D eigenvalue weighted by Crippen LogP contribution is -2.50. The summed E-state index contributed by atoms with van der Waals surface area (Å²) >= 11 is 0. The zero-order valence-electron chi connectivity index (χ0n) is 11.8. The number of hydrogen-bond acceptors (Lipinski definition) is 3. The number of halogens is 1.